The summed E-state index contributed by atoms with van der Waals surface area (Å²) in [4.78, 5) is 11.3. The zero-order chi connectivity index (χ0) is 10.4. The van der Waals surface area contributed by atoms with Crippen LogP contribution in [-0.2, 0) is 11.2 Å². The number of rotatable bonds is 4. The van der Waals surface area contributed by atoms with Crippen molar-refractivity contribution in [2.75, 3.05) is 7.11 Å². The Morgan fingerprint density at radius 1 is 1.50 bits per heavy atom. The number of para-hydroxylation sites is 1. The van der Waals surface area contributed by atoms with Crippen molar-refractivity contribution in [1.29, 1.82) is 0 Å². The van der Waals surface area contributed by atoms with Gasteiger partial charge in [0.05, 0.1) is 13.5 Å². The largest absolute Gasteiger partial charge is 0.496 e. The van der Waals surface area contributed by atoms with Crippen LogP contribution in [0.4, 0.5) is 0 Å². The number of hydrogen-bond acceptors (Lipinski definition) is 2. The highest BCUT2D eigenvalue weighted by Gasteiger charge is 2.06. The van der Waals surface area contributed by atoms with Crippen molar-refractivity contribution in [3.63, 3.8) is 0 Å². The van der Waals surface area contributed by atoms with E-state index in [0.717, 1.165) is 11.3 Å². The highest BCUT2D eigenvalue weighted by molar-refractivity contribution is 5.83. The summed E-state index contributed by atoms with van der Waals surface area (Å²) in [5.74, 6) is 3.11. The predicted molar refractivity (Wildman–Crippen MR) is 55.2 cm³/mol. The molecule has 0 aromatic heterocycles. The maximum absolute atomic E-state index is 11.3. The number of hydrogen-bond donors (Lipinski definition) is 0. The fraction of sp³-hybridized carbons (Fsp3) is 0.250. The topological polar surface area (TPSA) is 26.3 Å². The number of carbonyl (C=O) groups is 1. The summed E-state index contributed by atoms with van der Waals surface area (Å²) >= 11 is 0. The molecule has 0 aliphatic rings. The number of terminal acetylenes is 1. The summed E-state index contributed by atoms with van der Waals surface area (Å²) in [5, 5.41) is 0. The second-order valence-electron chi connectivity index (χ2n) is 2.91. The first-order valence-corrected chi connectivity index (χ1v) is 4.35. The van der Waals surface area contributed by atoms with Gasteiger partial charge in [-0.15, -0.1) is 6.42 Å². The Hall–Kier alpha value is -1.75. The van der Waals surface area contributed by atoms with Crippen molar-refractivity contribution in [2.45, 2.75) is 12.8 Å². The SMILES string of the molecule is C#CCC(=O)Cc1ccccc1OC. The average Bonchev–Trinajstić information content (AvgIpc) is 2.19. The van der Waals surface area contributed by atoms with E-state index in [2.05, 4.69) is 5.92 Å². The van der Waals surface area contributed by atoms with Crippen LogP contribution in [-0.4, -0.2) is 12.9 Å². The third kappa shape index (κ3) is 2.63. The fourth-order valence-corrected chi connectivity index (χ4v) is 1.24. The zero-order valence-electron chi connectivity index (χ0n) is 8.12. The second kappa shape index (κ2) is 5.08. The van der Waals surface area contributed by atoms with E-state index < -0.39 is 0 Å². The molecule has 0 bridgehead atoms. The molecule has 72 valence electrons. The molecule has 0 saturated carbocycles. The van der Waals surface area contributed by atoms with Gasteiger partial charge in [0.15, 0.2) is 0 Å². The smallest absolute Gasteiger partial charge is 0.149 e. The Labute approximate surface area is 83.9 Å². The van der Waals surface area contributed by atoms with Gasteiger partial charge in [-0.3, -0.25) is 4.79 Å². The van der Waals surface area contributed by atoms with E-state index in [4.69, 9.17) is 11.2 Å². The molecule has 0 spiro atoms. The first-order chi connectivity index (χ1) is 6.77. The summed E-state index contributed by atoms with van der Waals surface area (Å²) in [7, 11) is 1.59. The first-order valence-electron chi connectivity index (χ1n) is 4.35. The lowest BCUT2D eigenvalue weighted by molar-refractivity contribution is -0.117. The quantitative estimate of drug-likeness (QED) is 0.674. The molecule has 0 unspecified atom stereocenters. The highest BCUT2D eigenvalue weighted by atomic mass is 16.5. The Balaban J connectivity index is 2.76. The van der Waals surface area contributed by atoms with Crippen molar-refractivity contribution in [3.05, 3.63) is 29.8 Å². The number of benzene rings is 1. The molecule has 2 heteroatoms. The van der Waals surface area contributed by atoms with Crippen molar-refractivity contribution >= 4 is 5.78 Å². The Morgan fingerprint density at radius 3 is 2.86 bits per heavy atom. The van der Waals surface area contributed by atoms with E-state index in [-0.39, 0.29) is 12.2 Å². The monoisotopic (exact) mass is 188 g/mol. The van der Waals surface area contributed by atoms with Gasteiger partial charge in [-0.25, -0.2) is 0 Å². The first kappa shape index (κ1) is 10.3. The molecule has 0 N–H and O–H groups in total. The van der Waals surface area contributed by atoms with Crippen molar-refractivity contribution in [1.82, 2.24) is 0 Å². The number of ketones is 1. The van der Waals surface area contributed by atoms with Crippen LogP contribution in [0.15, 0.2) is 24.3 Å². The molecule has 14 heavy (non-hydrogen) atoms. The lowest BCUT2D eigenvalue weighted by atomic mass is 10.1. The molecule has 1 aromatic rings. The molecule has 0 saturated heterocycles. The van der Waals surface area contributed by atoms with E-state index in [9.17, 15) is 4.79 Å². The summed E-state index contributed by atoms with van der Waals surface area (Å²) in [6.07, 6.45) is 5.57. The number of ether oxygens (including phenoxy) is 1. The van der Waals surface area contributed by atoms with Crippen molar-refractivity contribution < 1.29 is 9.53 Å². The zero-order valence-corrected chi connectivity index (χ0v) is 8.12. The van der Waals surface area contributed by atoms with Crippen LogP contribution in [0.1, 0.15) is 12.0 Å². The van der Waals surface area contributed by atoms with Crippen LogP contribution in [0, 0.1) is 12.3 Å². The molecular formula is C12H12O2. The summed E-state index contributed by atoms with van der Waals surface area (Å²) in [5.41, 5.74) is 0.884. The minimum absolute atomic E-state index is 0.0389. The van der Waals surface area contributed by atoms with E-state index in [1.165, 1.54) is 0 Å². The van der Waals surface area contributed by atoms with Gasteiger partial charge in [0.25, 0.3) is 0 Å². The summed E-state index contributed by atoms with van der Waals surface area (Å²) in [6.45, 7) is 0. The van der Waals surface area contributed by atoms with Crippen LogP contribution < -0.4 is 4.74 Å². The van der Waals surface area contributed by atoms with Gasteiger partial charge in [0.2, 0.25) is 0 Å². The Kier molecular flexibility index (Phi) is 3.75. The lowest BCUT2D eigenvalue weighted by Gasteiger charge is -2.05. The Bertz CT molecular complexity index is 361. The maximum Gasteiger partial charge on any atom is 0.149 e. The minimum atomic E-state index is 0.0389. The van der Waals surface area contributed by atoms with Crippen molar-refractivity contribution in [2.24, 2.45) is 0 Å². The lowest BCUT2D eigenvalue weighted by Crippen LogP contribution is -2.02. The average molecular weight is 188 g/mol. The maximum atomic E-state index is 11.3. The van der Waals surface area contributed by atoms with Gasteiger partial charge in [-0.1, -0.05) is 24.1 Å². The van der Waals surface area contributed by atoms with Gasteiger partial charge in [-0.05, 0) is 6.07 Å². The molecule has 0 fully saturated rings. The molecule has 1 aromatic carbocycles. The standard InChI is InChI=1S/C12H12O2/c1-3-6-11(13)9-10-7-4-5-8-12(10)14-2/h1,4-5,7-8H,6,9H2,2H3. The fourth-order valence-electron chi connectivity index (χ4n) is 1.24. The van der Waals surface area contributed by atoms with Crippen LogP contribution in [0.25, 0.3) is 0 Å². The third-order valence-electron chi connectivity index (χ3n) is 1.88. The molecule has 0 amide bonds. The molecule has 0 aliphatic carbocycles. The third-order valence-corrected chi connectivity index (χ3v) is 1.88. The van der Waals surface area contributed by atoms with Gasteiger partial charge in [0, 0.05) is 12.0 Å². The minimum Gasteiger partial charge on any atom is -0.496 e. The van der Waals surface area contributed by atoms with Crippen molar-refractivity contribution in [3.8, 4) is 18.1 Å². The van der Waals surface area contributed by atoms with E-state index in [0.29, 0.717) is 6.42 Å². The highest BCUT2D eigenvalue weighted by Crippen LogP contribution is 2.18. The molecule has 0 aliphatic heterocycles. The van der Waals surface area contributed by atoms with Gasteiger partial charge in [0.1, 0.15) is 11.5 Å². The van der Waals surface area contributed by atoms with Crippen LogP contribution in [0.2, 0.25) is 0 Å². The summed E-state index contributed by atoms with van der Waals surface area (Å²) in [6, 6.07) is 7.45. The molecule has 2 nitrogen and oxygen atoms in total. The van der Waals surface area contributed by atoms with Crippen LogP contribution in [0.5, 0.6) is 5.75 Å². The molecular weight excluding hydrogens is 176 g/mol. The van der Waals surface area contributed by atoms with Gasteiger partial charge >= 0.3 is 0 Å². The molecule has 0 heterocycles. The van der Waals surface area contributed by atoms with Gasteiger partial charge in [-0.2, -0.15) is 0 Å². The van der Waals surface area contributed by atoms with E-state index >= 15 is 0 Å². The molecule has 0 radical (unpaired) electrons. The number of Topliss-reactive ketones (excluding diaryl/α,β-unsaturated/α-hetero) is 1. The van der Waals surface area contributed by atoms with E-state index in [1.54, 1.807) is 7.11 Å². The summed E-state index contributed by atoms with van der Waals surface area (Å²) < 4.78 is 5.12. The normalized spacial score (nSPS) is 9.14. The predicted octanol–water partition coefficient (Wildman–Crippen LogP) is 1.83. The van der Waals surface area contributed by atoms with Gasteiger partial charge < -0.3 is 4.74 Å². The Morgan fingerprint density at radius 2 is 2.21 bits per heavy atom. The van der Waals surface area contributed by atoms with Crippen LogP contribution in [0.3, 0.4) is 0 Å². The number of carbonyl (C=O) groups excluding carboxylic acids is 1. The molecule has 0 atom stereocenters. The van der Waals surface area contributed by atoms with E-state index in [1.807, 2.05) is 24.3 Å². The van der Waals surface area contributed by atoms with Crippen LogP contribution >= 0.6 is 0 Å². The second-order valence-corrected chi connectivity index (χ2v) is 2.91. The molecule has 1 rings (SSSR count). The number of methoxy groups -OCH3 is 1.